The second kappa shape index (κ2) is 5.92. The number of aryl methyl sites for hydroxylation is 1. The molecule has 1 aromatic carbocycles. The number of benzene rings is 1. The van der Waals surface area contributed by atoms with Gasteiger partial charge in [0.2, 0.25) is 0 Å². The molecule has 1 heterocycles. The van der Waals surface area contributed by atoms with Gasteiger partial charge in [-0.2, -0.15) is 0 Å². The molecule has 2 rings (SSSR count). The van der Waals surface area contributed by atoms with Gasteiger partial charge in [0.05, 0.1) is 0 Å². The van der Waals surface area contributed by atoms with Gasteiger partial charge < -0.3 is 5.32 Å². The summed E-state index contributed by atoms with van der Waals surface area (Å²) in [6, 6.07) is 11.6. The zero-order valence-corrected chi connectivity index (χ0v) is 9.41. The summed E-state index contributed by atoms with van der Waals surface area (Å²) in [4.78, 5) is 0. The monoisotopic (exact) mass is 203 g/mol. The van der Waals surface area contributed by atoms with E-state index in [1.165, 1.54) is 50.6 Å². The van der Waals surface area contributed by atoms with E-state index in [1.807, 2.05) is 0 Å². The molecule has 1 fully saturated rings. The van der Waals surface area contributed by atoms with Crippen LogP contribution >= 0.6 is 0 Å². The molecular weight excluding hydrogens is 182 g/mol. The second-order valence-corrected chi connectivity index (χ2v) is 4.52. The third-order valence-electron chi connectivity index (χ3n) is 3.27. The molecule has 1 unspecified atom stereocenters. The molecule has 0 amide bonds. The predicted molar refractivity (Wildman–Crippen MR) is 65.0 cm³/mol. The van der Waals surface area contributed by atoms with Gasteiger partial charge in [-0.1, -0.05) is 36.8 Å². The summed E-state index contributed by atoms with van der Waals surface area (Å²) < 4.78 is 0. The first-order chi connectivity index (χ1) is 7.45. The summed E-state index contributed by atoms with van der Waals surface area (Å²) in [7, 11) is 0. The molecule has 1 aliphatic heterocycles. The molecule has 1 nitrogen and oxygen atoms in total. The highest BCUT2D eigenvalue weighted by Crippen LogP contribution is 2.13. The van der Waals surface area contributed by atoms with Gasteiger partial charge in [0, 0.05) is 6.04 Å². The maximum atomic E-state index is 3.61. The van der Waals surface area contributed by atoms with Gasteiger partial charge in [-0.25, -0.2) is 0 Å². The van der Waals surface area contributed by atoms with E-state index >= 15 is 0 Å². The van der Waals surface area contributed by atoms with E-state index in [2.05, 4.69) is 35.6 Å². The zero-order chi connectivity index (χ0) is 10.3. The smallest absolute Gasteiger partial charge is 0.00671 e. The lowest BCUT2D eigenvalue weighted by molar-refractivity contribution is 0.376. The first kappa shape index (κ1) is 10.7. The molecule has 1 atom stereocenters. The Balaban J connectivity index is 1.66. The van der Waals surface area contributed by atoms with E-state index in [0.717, 1.165) is 6.04 Å². The Morgan fingerprint density at radius 2 is 2.00 bits per heavy atom. The molecule has 1 aromatic rings. The van der Waals surface area contributed by atoms with Gasteiger partial charge >= 0.3 is 0 Å². The van der Waals surface area contributed by atoms with Crippen molar-refractivity contribution >= 4 is 0 Å². The molecule has 0 radical (unpaired) electrons. The van der Waals surface area contributed by atoms with E-state index < -0.39 is 0 Å². The summed E-state index contributed by atoms with van der Waals surface area (Å²) in [6.45, 7) is 1.23. The largest absolute Gasteiger partial charge is 0.314 e. The fourth-order valence-corrected chi connectivity index (χ4v) is 2.37. The number of rotatable bonds is 4. The fourth-order valence-electron chi connectivity index (χ4n) is 2.37. The van der Waals surface area contributed by atoms with Crippen LogP contribution in [0.4, 0.5) is 0 Å². The van der Waals surface area contributed by atoms with Crippen molar-refractivity contribution in [2.75, 3.05) is 6.54 Å². The molecule has 0 aromatic heterocycles. The lowest BCUT2D eigenvalue weighted by Gasteiger charge is -2.23. The molecular formula is C14H21N. The van der Waals surface area contributed by atoms with Crippen LogP contribution in [-0.2, 0) is 6.42 Å². The second-order valence-electron chi connectivity index (χ2n) is 4.52. The van der Waals surface area contributed by atoms with Crippen LogP contribution in [0.15, 0.2) is 30.3 Å². The number of hydrogen-bond donors (Lipinski definition) is 1. The molecule has 1 heteroatoms. The highest BCUT2D eigenvalue weighted by atomic mass is 14.9. The van der Waals surface area contributed by atoms with Crippen LogP contribution in [0.1, 0.15) is 37.7 Å². The molecule has 0 spiro atoms. The number of piperidine rings is 1. The van der Waals surface area contributed by atoms with Crippen LogP contribution in [0.3, 0.4) is 0 Å². The molecule has 1 N–H and O–H groups in total. The minimum Gasteiger partial charge on any atom is -0.314 e. The molecule has 0 saturated carbocycles. The topological polar surface area (TPSA) is 12.0 Å². The zero-order valence-electron chi connectivity index (χ0n) is 9.41. The average Bonchev–Trinajstić information content (AvgIpc) is 2.32. The molecule has 1 saturated heterocycles. The average molecular weight is 203 g/mol. The standard InChI is InChI=1S/C14H21N/c1-2-7-13(8-3-1)9-6-11-14-10-4-5-12-15-14/h1-3,7-8,14-15H,4-6,9-12H2. The maximum Gasteiger partial charge on any atom is 0.00671 e. The van der Waals surface area contributed by atoms with Crippen molar-refractivity contribution in [3.63, 3.8) is 0 Å². The first-order valence-electron chi connectivity index (χ1n) is 6.22. The fraction of sp³-hybridized carbons (Fsp3) is 0.571. The third-order valence-corrected chi connectivity index (χ3v) is 3.27. The summed E-state index contributed by atoms with van der Waals surface area (Å²) in [5.74, 6) is 0. The summed E-state index contributed by atoms with van der Waals surface area (Å²) >= 11 is 0. The highest BCUT2D eigenvalue weighted by molar-refractivity contribution is 5.14. The number of hydrogen-bond acceptors (Lipinski definition) is 1. The normalized spacial score (nSPS) is 21.5. The van der Waals surface area contributed by atoms with Crippen LogP contribution < -0.4 is 5.32 Å². The van der Waals surface area contributed by atoms with Crippen molar-refractivity contribution in [2.24, 2.45) is 0 Å². The Bertz CT molecular complexity index is 262. The van der Waals surface area contributed by atoms with E-state index in [0.29, 0.717) is 0 Å². The SMILES string of the molecule is c1ccc(CCCC2CCCCN2)cc1. The lowest BCUT2D eigenvalue weighted by atomic mass is 9.98. The van der Waals surface area contributed by atoms with Crippen molar-refractivity contribution in [3.8, 4) is 0 Å². The Kier molecular flexibility index (Phi) is 4.22. The summed E-state index contributed by atoms with van der Waals surface area (Å²) in [6.07, 6.45) is 8.07. The molecule has 0 bridgehead atoms. The molecule has 1 aliphatic rings. The summed E-state index contributed by atoms with van der Waals surface area (Å²) in [5.41, 5.74) is 1.48. The minimum atomic E-state index is 0.794. The number of nitrogens with one attached hydrogen (secondary N) is 1. The predicted octanol–water partition coefficient (Wildman–Crippen LogP) is 3.15. The Hall–Kier alpha value is -0.820. The van der Waals surface area contributed by atoms with Gasteiger partial charge in [-0.3, -0.25) is 0 Å². The van der Waals surface area contributed by atoms with E-state index in [4.69, 9.17) is 0 Å². The molecule has 15 heavy (non-hydrogen) atoms. The van der Waals surface area contributed by atoms with E-state index in [1.54, 1.807) is 0 Å². The quantitative estimate of drug-likeness (QED) is 0.792. The van der Waals surface area contributed by atoms with Gasteiger partial charge in [0.15, 0.2) is 0 Å². The van der Waals surface area contributed by atoms with Crippen molar-refractivity contribution in [1.82, 2.24) is 5.32 Å². The molecule has 82 valence electrons. The minimum absolute atomic E-state index is 0.794. The maximum absolute atomic E-state index is 3.61. The van der Waals surface area contributed by atoms with Gasteiger partial charge in [-0.15, -0.1) is 0 Å². The highest BCUT2D eigenvalue weighted by Gasteiger charge is 2.11. The van der Waals surface area contributed by atoms with Crippen LogP contribution in [0.25, 0.3) is 0 Å². The van der Waals surface area contributed by atoms with Crippen molar-refractivity contribution in [2.45, 2.75) is 44.6 Å². The lowest BCUT2D eigenvalue weighted by Crippen LogP contribution is -2.33. The van der Waals surface area contributed by atoms with Gasteiger partial charge in [-0.05, 0) is 44.2 Å². The van der Waals surface area contributed by atoms with Crippen molar-refractivity contribution in [1.29, 1.82) is 0 Å². The van der Waals surface area contributed by atoms with Crippen LogP contribution in [0.5, 0.6) is 0 Å². The van der Waals surface area contributed by atoms with Crippen molar-refractivity contribution in [3.05, 3.63) is 35.9 Å². The summed E-state index contributed by atoms with van der Waals surface area (Å²) in [5, 5.41) is 3.61. The Morgan fingerprint density at radius 1 is 1.13 bits per heavy atom. The van der Waals surface area contributed by atoms with Crippen LogP contribution in [0, 0.1) is 0 Å². The van der Waals surface area contributed by atoms with Gasteiger partial charge in [0.25, 0.3) is 0 Å². The van der Waals surface area contributed by atoms with Crippen molar-refractivity contribution < 1.29 is 0 Å². The van der Waals surface area contributed by atoms with Gasteiger partial charge in [0.1, 0.15) is 0 Å². The first-order valence-corrected chi connectivity index (χ1v) is 6.22. The van der Waals surface area contributed by atoms with E-state index in [9.17, 15) is 0 Å². The van der Waals surface area contributed by atoms with E-state index in [-0.39, 0.29) is 0 Å². The van der Waals surface area contributed by atoms with Crippen LogP contribution in [-0.4, -0.2) is 12.6 Å². The molecule has 0 aliphatic carbocycles. The Morgan fingerprint density at radius 3 is 2.73 bits per heavy atom. The van der Waals surface area contributed by atoms with Crippen LogP contribution in [0.2, 0.25) is 0 Å². The third kappa shape index (κ3) is 3.67. The Labute approximate surface area is 92.9 Å².